The van der Waals surface area contributed by atoms with Gasteiger partial charge in [0, 0.05) is 12.8 Å². The van der Waals surface area contributed by atoms with E-state index in [0.29, 0.717) is 35.0 Å². The number of amides is 1. The number of carbonyl (C=O) groups is 3. The van der Waals surface area contributed by atoms with E-state index in [4.69, 9.17) is 9.47 Å². The van der Waals surface area contributed by atoms with Crippen molar-refractivity contribution < 1.29 is 23.9 Å². The highest BCUT2D eigenvalue weighted by molar-refractivity contribution is 5.85. The minimum absolute atomic E-state index is 0.0616. The molecule has 6 nitrogen and oxygen atoms in total. The molecule has 0 aliphatic heterocycles. The lowest BCUT2D eigenvalue weighted by molar-refractivity contribution is -0.160. The smallest absolute Gasteiger partial charge is 0.328 e. The Kier molecular flexibility index (Phi) is 45.8. The first kappa shape index (κ1) is 100. The lowest BCUT2D eigenvalue weighted by Crippen LogP contribution is -2.51. The third-order valence-corrected chi connectivity index (χ3v) is 35.6. The Bertz CT molecular complexity index is 2780. The van der Waals surface area contributed by atoms with Crippen LogP contribution in [0.3, 0.4) is 0 Å². The Morgan fingerprint density at radius 2 is 0.709 bits per heavy atom. The van der Waals surface area contributed by atoms with Gasteiger partial charge < -0.3 is 14.8 Å². The average molecular weight is 1630 g/mol. The molecule has 0 spiro atoms. The van der Waals surface area contributed by atoms with Gasteiger partial charge >= 0.3 is 11.9 Å². The van der Waals surface area contributed by atoms with Crippen LogP contribution in [0.2, 0.25) is 0 Å². The van der Waals surface area contributed by atoms with Crippen LogP contribution in [0.1, 0.15) is 528 Å². The van der Waals surface area contributed by atoms with Gasteiger partial charge in [-0.15, -0.1) is 0 Å². The molecule has 0 saturated heterocycles. The maximum Gasteiger partial charge on any atom is 0.328 e. The summed E-state index contributed by atoms with van der Waals surface area (Å²) in [4.78, 5) is 46.2. The van der Waals surface area contributed by atoms with Gasteiger partial charge in [0.2, 0.25) is 5.91 Å². The van der Waals surface area contributed by atoms with Crippen LogP contribution in [0, 0.1) is 116 Å². The van der Waals surface area contributed by atoms with Crippen molar-refractivity contribution in [3.8, 4) is 0 Å². The first-order valence-electron chi connectivity index (χ1n) is 53.7. The SMILES string of the molecule is CCCCCCCCCCCC(=O)N[C@@H](CCC(=O)OC(CCCCCCCCCCC)C(CCCCCCC)[C@H]1CC[C@@]2(C)C(=CC[C@H]3[C@@H]4CC[C@H]([C@H](C)CCCC(C)C)[C@@]4(C)CC[C@@H]32)C1)C(=O)OC(CCCCCCCCCCC)C(CCCCCCC)[C@H]1CC[C@@]2(C)C(=CC[C@H]3[C@@H]4CC[C@H]([C@H](C)CCCC(C)C)[C@@]4(C)CC[C@@H]32)C1. The van der Waals surface area contributed by atoms with Gasteiger partial charge in [-0.3, -0.25) is 9.59 Å². The summed E-state index contributed by atoms with van der Waals surface area (Å²) < 4.78 is 14.6. The van der Waals surface area contributed by atoms with Gasteiger partial charge in [-0.05, 0) is 270 Å². The van der Waals surface area contributed by atoms with Crippen molar-refractivity contribution in [2.45, 2.75) is 546 Å². The summed E-state index contributed by atoms with van der Waals surface area (Å²) >= 11 is 0. The van der Waals surface area contributed by atoms with Crippen molar-refractivity contribution in [3.63, 3.8) is 0 Å². The summed E-state index contributed by atoms with van der Waals surface area (Å²) in [6.07, 6.45) is 85.5. The standard InChI is InChI=1S/C111H199NO5/c1-16-21-26-31-34-37-40-45-50-61-103(92(59-48-43-29-24-19-4)88-74-78-108(12)90(82-88)64-66-94-98-70-68-96(86(10)57-53-55-84(6)7)110(98,14)80-76-100(94)108)116-106(114)73-72-102(112-105(113)63-52-47-42-39-36-33-28-23-18-3)107(115)117-104(62-51-46-41-38-35-32-27-22-17-2)93(60-49-44-30-25-20-5)89-75-79-109(13)91(83-89)65-67-95-99-71-69-97(87(11)58-54-56-85(8)9)111(99,15)81-77-101(95)109/h64-65,84-89,92-104H,16-63,66-83H2,1-15H3,(H,112,113)/t86-,87-,88+,89+,92?,93?,94+,95+,96-,97-,98+,99+,100+,101+,102+,103?,104?,108+,109+,110-,111-/m1/s1. The van der Waals surface area contributed by atoms with Gasteiger partial charge in [-0.2, -0.15) is 0 Å². The average Bonchev–Trinajstić information content (AvgIpc) is 1.68. The summed E-state index contributed by atoms with van der Waals surface area (Å²) in [7, 11) is 0. The third kappa shape index (κ3) is 30.0. The van der Waals surface area contributed by atoms with Crippen LogP contribution in [-0.4, -0.2) is 36.1 Å². The number of esters is 2. The number of ether oxygens (including phenoxy) is 2. The van der Waals surface area contributed by atoms with Crippen molar-refractivity contribution in [3.05, 3.63) is 23.3 Å². The first-order valence-corrected chi connectivity index (χ1v) is 53.7. The molecule has 0 radical (unpaired) electrons. The molecule has 678 valence electrons. The number of allylic oxidation sites excluding steroid dienone is 4. The molecule has 117 heavy (non-hydrogen) atoms. The van der Waals surface area contributed by atoms with Gasteiger partial charge in [-0.25, -0.2) is 4.79 Å². The Morgan fingerprint density at radius 1 is 0.359 bits per heavy atom. The van der Waals surface area contributed by atoms with E-state index in [1.54, 1.807) is 11.1 Å². The maximum atomic E-state index is 16.0. The van der Waals surface area contributed by atoms with Gasteiger partial charge in [0.1, 0.15) is 18.2 Å². The second kappa shape index (κ2) is 53.4. The Labute approximate surface area is 728 Å². The van der Waals surface area contributed by atoms with Crippen LogP contribution in [-0.2, 0) is 23.9 Å². The molecule has 8 aliphatic rings. The fourth-order valence-electron chi connectivity index (χ4n) is 28.4. The predicted octanol–water partition coefficient (Wildman–Crippen LogP) is 34.1. The van der Waals surface area contributed by atoms with Gasteiger partial charge in [-0.1, -0.05) is 384 Å². The van der Waals surface area contributed by atoms with Crippen molar-refractivity contribution >= 4 is 17.8 Å². The predicted molar refractivity (Wildman–Crippen MR) is 503 cm³/mol. The molecule has 0 aromatic heterocycles. The van der Waals surface area contributed by atoms with Crippen molar-refractivity contribution in [1.29, 1.82) is 0 Å². The van der Waals surface area contributed by atoms with E-state index in [1.807, 2.05) is 0 Å². The van der Waals surface area contributed by atoms with Crippen molar-refractivity contribution in [2.75, 3.05) is 0 Å². The summed E-state index contributed by atoms with van der Waals surface area (Å²) in [5.74, 6) is 10.9. The zero-order chi connectivity index (χ0) is 84.1. The number of unbranched alkanes of at least 4 members (excludes halogenated alkanes) is 32. The van der Waals surface area contributed by atoms with E-state index in [0.717, 1.165) is 135 Å². The second-order valence-electron chi connectivity index (χ2n) is 44.8. The summed E-state index contributed by atoms with van der Waals surface area (Å²) in [5, 5.41) is 3.39. The van der Waals surface area contributed by atoms with E-state index in [-0.39, 0.29) is 59.6 Å². The lowest BCUT2D eigenvalue weighted by Gasteiger charge is -2.59. The number of carbonyl (C=O) groups excluding carboxylic acids is 3. The normalized spacial score (nSPS) is 29.9. The Balaban J connectivity index is 1.05. The van der Waals surface area contributed by atoms with E-state index in [9.17, 15) is 4.79 Å². The molecular weight excluding hydrogens is 1430 g/mol. The van der Waals surface area contributed by atoms with Gasteiger partial charge in [0.15, 0.2) is 0 Å². The van der Waals surface area contributed by atoms with Crippen LogP contribution in [0.5, 0.6) is 0 Å². The van der Waals surface area contributed by atoms with Crippen molar-refractivity contribution in [2.24, 2.45) is 116 Å². The van der Waals surface area contributed by atoms with Crippen LogP contribution in [0.4, 0.5) is 0 Å². The van der Waals surface area contributed by atoms with E-state index >= 15 is 9.59 Å². The van der Waals surface area contributed by atoms with E-state index < -0.39 is 6.04 Å². The highest BCUT2D eigenvalue weighted by Gasteiger charge is 2.62. The molecule has 1 amide bonds. The summed E-state index contributed by atoms with van der Waals surface area (Å²) in [6.45, 7) is 37.5. The highest BCUT2D eigenvalue weighted by Crippen LogP contribution is 2.70. The Morgan fingerprint density at radius 3 is 1.09 bits per heavy atom. The molecule has 0 aromatic carbocycles. The number of hydrogen-bond acceptors (Lipinski definition) is 5. The molecule has 8 aliphatic carbocycles. The largest absolute Gasteiger partial charge is 0.462 e. The molecular formula is C111H199NO5. The minimum Gasteiger partial charge on any atom is -0.462 e. The fraction of sp³-hybridized carbons (Fsp3) is 0.937. The van der Waals surface area contributed by atoms with E-state index in [1.165, 1.54) is 340 Å². The highest BCUT2D eigenvalue weighted by atomic mass is 16.5. The number of fused-ring (bicyclic) bond motifs is 10. The molecule has 6 saturated carbocycles. The topological polar surface area (TPSA) is 81.7 Å². The first-order chi connectivity index (χ1) is 56.6. The van der Waals surface area contributed by atoms with Crippen molar-refractivity contribution in [1.82, 2.24) is 5.32 Å². The zero-order valence-electron chi connectivity index (χ0n) is 80.8. The molecule has 8 rings (SSSR count). The van der Waals surface area contributed by atoms with Crippen LogP contribution in [0.25, 0.3) is 0 Å². The van der Waals surface area contributed by atoms with E-state index in [2.05, 4.69) is 121 Å². The molecule has 6 heteroatoms. The molecule has 0 aromatic rings. The number of hydrogen-bond donors (Lipinski definition) is 1. The third-order valence-electron chi connectivity index (χ3n) is 35.6. The molecule has 4 unspecified atom stereocenters. The fourth-order valence-corrected chi connectivity index (χ4v) is 28.4. The molecule has 1 N–H and O–H groups in total. The number of rotatable bonds is 63. The van der Waals surface area contributed by atoms with Gasteiger partial charge in [0.25, 0.3) is 0 Å². The van der Waals surface area contributed by atoms with Crippen LogP contribution in [0.15, 0.2) is 23.3 Å². The molecule has 6 fully saturated rings. The summed E-state index contributed by atoms with van der Waals surface area (Å²) in [5.41, 5.74) is 4.99. The Hall–Kier alpha value is -2.11. The molecule has 0 bridgehead atoms. The lowest BCUT2D eigenvalue weighted by atomic mass is 9.46. The molecule has 21 atom stereocenters. The maximum absolute atomic E-state index is 16.0. The monoisotopic (exact) mass is 1630 g/mol. The van der Waals surface area contributed by atoms with Crippen LogP contribution < -0.4 is 5.32 Å². The second-order valence-corrected chi connectivity index (χ2v) is 44.8. The van der Waals surface area contributed by atoms with Gasteiger partial charge in [0.05, 0.1) is 0 Å². The quantitative estimate of drug-likeness (QED) is 0.0373. The van der Waals surface area contributed by atoms with Crippen LogP contribution >= 0.6 is 0 Å². The number of nitrogens with one attached hydrogen (secondary N) is 1. The summed E-state index contributed by atoms with van der Waals surface area (Å²) in [6, 6.07) is -0.892. The minimum atomic E-state index is -0.892. The zero-order valence-corrected chi connectivity index (χ0v) is 80.8. The molecule has 0 heterocycles.